The van der Waals surface area contributed by atoms with Crippen LogP contribution in [0, 0.1) is 11.2 Å². The van der Waals surface area contributed by atoms with Gasteiger partial charge in [0.25, 0.3) is 5.91 Å². The van der Waals surface area contributed by atoms with Crippen LogP contribution in [0.15, 0.2) is 83.8 Å². The number of ether oxygens (including phenoxy) is 2. The van der Waals surface area contributed by atoms with Gasteiger partial charge in [-0.3, -0.25) is 9.63 Å². The molecule has 1 unspecified atom stereocenters. The largest absolute Gasteiger partial charge is 0.457 e. The predicted octanol–water partition coefficient (Wildman–Crippen LogP) is 4.97. The van der Waals surface area contributed by atoms with E-state index in [0.717, 1.165) is 18.4 Å². The molecular weight excluding hydrogens is 497 g/mol. The molecule has 2 fully saturated rings. The first-order chi connectivity index (χ1) is 17.8. The summed E-state index contributed by atoms with van der Waals surface area (Å²) in [7, 11) is -3.83. The molecule has 0 saturated carbocycles. The van der Waals surface area contributed by atoms with Gasteiger partial charge in [-0.15, -0.1) is 0 Å². The topological polar surface area (TPSA) is 90.9 Å². The number of hydrogen-bond donors (Lipinski definition) is 1. The van der Waals surface area contributed by atoms with Crippen molar-refractivity contribution in [1.82, 2.24) is 5.48 Å². The highest BCUT2D eigenvalue weighted by molar-refractivity contribution is 7.91. The van der Waals surface area contributed by atoms with Gasteiger partial charge in [0.15, 0.2) is 9.84 Å². The minimum absolute atomic E-state index is 0.0928. The van der Waals surface area contributed by atoms with Gasteiger partial charge in [-0.2, -0.15) is 0 Å². The van der Waals surface area contributed by atoms with Crippen molar-refractivity contribution in [3.05, 3.63) is 90.2 Å². The molecule has 37 heavy (non-hydrogen) atoms. The summed E-state index contributed by atoms with van der Waals surface area (Å²) in [6.45, 7) is 0.175. The van der Waals surface area contributed by atoms with Crippen LogP contribution in [0.25, 0.3) is 0 Å². The van der Waals surface area contributed by atoms with Gasteiger partial charge in [-0.1, -0.05) is 30.3 Å². The van der Waals surface area contributed by atoms with Crippen molar-refractivity contribution in [3.63, 3.8) is 0 Å². The van der Waals surface area contributed by atoms with Crippen LogP contribution in [0.2, 0.25) is 0 Å². The van der Waals surface area contributed by atoms with E-state index in [1.54, 1.807) is 12.1 Å². The summed E-state index contributed by atoms with van der Waals surface area (Å²) >= 11 is 0. The third-order valence-corrected chi connectivity index (χ3v) is 8.78. The Balaban J connectivity index is 1.30. The molecule has 7 nitrogen and oxygen atoms in total. The molecule has 2 aliphatic rings. The minimum Gasteiger partial charge on any atom is -0.457 e. The number of amides is 1. The molecule has 9 heteroatoms. The van der Waals surface area contributed by atoms with Crippen molar-refractivity contribution in [1.29, 1.82) is 0 Å². The number of fused-ring (bicyclic) bond motifs is 2. The summed E-state index contributed by atoms with van der Waals surface area (Å²) in [6.07, 6.45) is 1.94. The third kappa shape index (κ3) is 6.01. The molecule has 0 spiro atoms. The molecule has 3 aromatic carbocycles. The summed E-state index contributed by atoms with van der Waals surface area (Å²) in [5.41, 5.74) is 2.24. The van der Waals surface area contributed by atoms with E-state index in [4.69, 9.17) is 14.3 Å². The van der Waals surface area contributed by atoms with Crippen LogP contribution in [-0.2, 0) is 30.8 Å². The van der Waals surface area contributed by atoms with Gasteiger partial charge in [0, 0.05) is 0 Å². The summed E-state index contributed by atoms with van der Waals surface area (Å²) < 4.78 is 51.7. The van der Waals surface area contributed by atoms with E-state index < -0.39 is 21.2 Å². The zero-order chi connectivity index (χ0) is 25.9. The van der Waals surface area contributed by atoms with E-state index in [1.165, 1.54) is 36.4 Å². The van der Waals surface area contributed by atoms with Gasteiger partial charge in [0.2, 0.25) is 0 Å². The van der Waals surface area contributed by atoms with Crippen LogP contribution in [0.1, 0.15) is 31.2 Å². The Morgan fingerprint density at radius 3 is 2.14 bits per heavy atom. The lowest BCUT2D eigenvalue weighted by molar-refractivity contribution is -0.153. The fraction of sp³-hybridized carbons (Fsp3) is 0.321. The molecule has 0 radical (unpaired) electrons. The standard InChI is InChI=1S/C28H28FNO6S/c29-21-6-8-22(9-7-21)35-23-12-14-26(15-13-23)37(32,33)19-28(16-24-10-11-25(17-28)36-24)27(31)30-34-18-20-4-2-1-3-5-20/h1-9,12-15,24-25H,10-11,16-19H2,(H,30,31)/t24-,25+,28?. The molecule has 2 saturated heterocycles. The Bertz CT molecular complexity index is 1320. The highest BCUT2D eigenvalue weighted by Crippen LogP contribution is 2.45. The molecule has 1 N–H and O–H groups in total. The lowest BCUT2D eigenvalue weighted by Gasteiger charge is -2.38. The average Bonchev–Trinajstić information content (AvgIpc) is 3.24. The molecular formula is C28H28FNO6S. The summed E-state index contributed by atoms with van der Waals surface area (Å²) in [5.74, 6) is -0.325. The van der Waals surface area contributed by atoms with Gasteiger partial charge in [0.1, 0.15) is 17.3 Å². The second-order valence-electron chi connectivity index (χ2n) is 9.64. The van der Waals surface area contributed by atoms with Gasteiger partial charge < -0.3 is 9.47 Å². The van der Waals surface area contributed by atoms with Crippen LogP contribution < -0.4 is 10.2 Å². The van der Waals surface area contributed by atoms with Gasteiger partial charge in [-0.25, -0.2) is 18.3 Å². The molecule has 2 aliphatic heterocycles. The van der Waals surface area contributed by atoms with Crippen LogP contribution in [-0.4, -0.2) is 32.3 Å². The number of sulfone groups is 1. The van der Waals surface area contributed by atoms with Crippen molar-refractivity contribution in [3.8, 4) is 11.5 Å². The highest BCUT2D eigenvalue weighted by Gasteiger charge is 2.52. The molecule has 3 aromatic rings. The van der Waals surface area contributed by atoms with Crippen molar-refractivity contribution in [2.24, 2.45) is 5.41 Å². The predicted molar refractivity (Wildman–Crippen MR) is 134 cm³/mol. The third-order valence-electron chi connectivity index (χ3n) is 6.86. The maximum Gasteiger partial charge on any atom is 0.250 e. The van der Waals surface area contributed by atoms with E-state index in [-0.39, 0.29) is 35.3 Å². The zero-order valence-electron chi connectivity index (χ0n) is 20.1. The number of carbonyl (C=O) groups excluding carboxylic acids is 1. The van der Waals surface area contributed by atoms with Crippen molar-refractivity contribution in [2.75, 3.05) is 5.75 Å². The van der Waals surface area contributed by atoms with Crippen LogP contribution >= 0.6 is 0 Å². The molecule has 0 aromatic heterocycles. The molecule has 1 amide bonds. The second-order valence-corrected chi connectivity index (χ2v) is 11.6. The van der Waals surface area contributed by atoms with Gasteiger partial charge in [0.05, 0.1) is 34.9 Å². The first-order valence-electron chi connectivity index (χ1n) is 12.2. The van der Waals surface area contributed by atoms with Gasteiger partial charge in [-0.05, 0) is 79.8 Å². The van der Waals surface area contributed by atoms with Crippen LogP contribution in [0.3, 0.4) is 0 Å². The SMILES string of the molecule is O=C(NOCc1ccccc1)C1(CS(=O)(=O)c2ccc(Oc3ccc(F)cc3)cc2)C[C@H]2CC[C@@H](C1)O2. The zero-order valence-corrected chi connectivity index (χ0v) is 21.0. The number of benzene rings is 3. The summed E-state index contributed by atoms with van der Waals surface area (Å²) in [5, 5.41) is 0. The molecule has 3 atom stereocenters. The lowest BCUT2D eigenvalue weighted by Crippen LogP contribution is -2.51. The normalized spacial score (nSPS) is 22.9. The number of nitrogens with one attached hydrogen (secondary N) is 1. The fourth-order valence-corrected chi connectivity index (χ4v) is 6.88. The molecule has 5 rings (SSSR count). The first-order valence-corrected chi connectivity index (χ1v) is 13.8. The summed E-state index contributed by atoms with van der Waals surface area (Å²) in [4.78, 5) is 19.0. The van der Waals surface area contributed by atoms with E-state index in [1.807, 2.05) is 30.3 Å². The quantitative estimate of drug-likeness (QED) is 0.397. The Morgan fingerprint density at radius 2 is 1.51 bits per heavy atom. The monoisotopic (exact) mass is 525 g/mol. The number of halogens is 1. The molecule has 194 valence electrons. The number of rotatable bonds is 9. The van der Waals surface area contributed by atoms with E-state index in [2.05, 4.69) is 5.48 Å². The number of hydrogen-bond acceptors (Lipinski definition) is 6. The average molecular weight is 526 g/mol. The second kappa shape index (κ2) is 10.6. The smallest absolute Gasteiger partial charge is 0.250 e. The Hall–Kier alpha value is -3.27. The number of carbonyl (C=O) groups is 1. The van der Waals surface area contributed by atoms with Crippen LogP contribution in [0.5, 0.6) is 11.5 Å². The minimum atomic E-state index is -3.83. The fourth-order valence-electron chi connectivity index (χ4n) is 5.07. The molecule has 0 aliphatic carbocycles. The first kappa shape index (κ1) is 25.4. The van der Waals surface area contributed by atoms with Crippen LogP contribution in [0.4, 0.5) is 4.39 Å². The summed E-state index contributed by atoms with van der Waals surface area (Å²) in [6, 6.07) is 20.9. The van der Waals surface area contributed by atoms with Crippen molar-refractivity contribution < 1.29 is 31.9 Å². The van der Waals surface area contributed by atoms with Crippen molar-refractivity contribution in [2.45, 2.75) is 49.4 Å². The maximum absolute atomic E-state index is 13.5. The van der Waals surface area contributed by atoms with E-state index >= 15 is 0 Å². The van der Waals surface area contributed by atoms with Gasteiger partial charge >= 0.3 is 0 Å². The maximum atomic E-state index is 13.5. The van der Waals surface area contributed by atoms with E-state index in [0.29, 0.717) is 24.3 Å². The Kier molecular flexibility index (Phi) is 7.28. The molecule has 2 bridgehead atoms. The number of hydroxylamine groups is 1. The Labute approximate surface area is 215 Å². The van der Waals surface area contributed by atoms with Crippen molar-refractivity contribution >= 4 is 15.7 Å². The molecule has 2 heterocycles. The lowest BCUT2D eigenvalue weighted by atomic mass is 9.78. The Morgan fingerprint density at radius 1 is 0.919 bits per heavy atom. The highest BCUT2D eigenvalue weighted by atomic mass is 32.2. The van der Waals surface area contributed by atoms with E-state index in [9.17, 15) is 17.6 Å².